The van der Waals surface area contributed by atoms with Crippen molar-refractivity contribution in [3.63, 3.8) is 0 Å². The Morgan fingerprint density at radius 3 is 2.95 bits per heavy atom. The van der Waals surface area contributed by atoms with Crippen molar-refractivity contribution < 1.29 is 5.11 Å². The Hall–Kier alpha value is -0.910. The van der Waals surface area contributed by atoms with Gasteiger partial charge in [-0.1, -0.05) is 0 Å². The monoisotopic (exact) mass is 266 g/mol. The van der Waals surface area contributed by atoms with Crippen LogP contribution < -0.4 is 5.32 Å². The highest BCUT2D eigenvalue weighted by Crippen LogP contribution is 2.17. The van der Waals surface area contributed by atoms with Gasteiger partial charge in [0.05, 0.1) is 12.6 Å². The zero-order valence-corrected chi connectivity index (χ0v) is 12.0. The van der Waals surface area contributed by atoms with Gasteiger partial charge >= 0.3 is 0 Å². The third-order valence-electron chi connectivity index (χ3n) is 3.82. The Morgan fingerprint density at radius 2 is 2.32 bits per heavy atom. The number of hydrogen-bond donors (Lipinski definition) is 2. The van der Waals surface area contributed by atoms with Gasteiger partial charge in [0.2, 0.25) is 0 Å². The fourth-order valence-electron chi connectivity index (χ4n) is 2.64. The molecule has 19 heavy (non-hydrogen) atoms. The van der Waals surface area contributed by atoms with Crippen LogP contribution in [0, 0.1) is 5.92 Å². The number of rotatable bonds is 7. The molecule has 0 spiro atoms. The van der Waals surface area contributed by atoms with E-state index in [1.54, 1.807) is 10.9 Å². The fraction of sp³-hybridized carbons (Fsp3) is 0.786. The standard InChI is InChI=1S/C14H26N4O/c1-12(2)17-7-4-13(10-17)8-15-9-14(19)11-18-6-3-5-16-18/h3,5-6,12-15,19H,4,7-11H2,1-2H3. The van der Waals surface area contributed by atoms with E-state index in [4.69, 9.17) is 0 Å². The number of aromatic nitrogens is 2. The lowest BCUT2D eigenvalue weighted by molar-refractivity contribution is 0.145. The molecule has 2 unspecified atom stereocenters. The van der Waals surface area contributed by atoms with Crippen LogP contribution in [0.5, 0.6) is 0 Å². The predicted octanol–water partition coefficient (Wildman–Crippen LogP) is 0.564. The van der Waals surface area contributed by atoms with Crippen molar-refractivity contribution in [2.45, 2.75) is 39.0 Å². The summed E-state index contributed by atoms with van der Waals surface area (Å²) in [5, 5.41) is 17.4. The van der Waals surface area contributed by atoms with Crippen molar-refractivity contribution in [3.05, 3.63) is 18.5 Å². The van der Waals surface area contributed by atoms with Crippen LogP contribution in [-0.2, 0) is 6.54 Å². The lowest BCUT2D eigenvalue weighted by Gasteiger charge is -2.20. The number of nitrogens with one attached hydrogen (secondary N) is 1. The van der Waals surface area contributed by atoms with Crippen LogP contribution in [0.3, 0.4) is 0 Å². The van der Waals surface area contributed by atoms with Gasteiger partial charge in [0.25, 0.3) is 0 Å². The van der Waals surface area contributed by atoms with Crippen molar-refractivity contribution >= 4 is 0 Å². The lowest BCUT2D eigenvalue weighted by atomic mass is 10.1. The molecule has 5 nitrogen and oxygen atoms in total. The molecule has 0 bridgehead atoms. The average Bonchev–Trinajstić information content (AvgIpc) is 3.00. The van der Waals surface area contributed by atoms with Gasteiger partial charge in [0, 0.05) is 31.5 Å². The maximum absolute atomic E-state index is 9.90. The molecule has 0 aliphatic carbocycles. The van der Waals surface area contributed by atoms with Crippen LogP contribution in [0.4, 0.5) is 0 Å². The van der Waals surface area contributed by atoms with E-state index in [-0.39, 0.29) is 6.10 Å². The maximum atomic E-state index is 9.90. The van der Waals surface area contributed by atoms with Gasteiger partial charge in [-0.2, -0.15) is 5.10 Å². The molecule has 0 amide bonds. The van der Waals surface area contributed by atoms with Gasteiger partial charge in [-0.05, 0) is 45.3 Å². The first-order valence-electron chi connectivity index (χ1n) is 7.25. The van der Waals surface area contributed by atoms with E-state index in [9.17, 15) is 5.11 Å². The third kappa shape index (κ3) is 4.60. The molecule has 1 aromatic heterocycles. The normalized spacial score (nSPS) is 22.2. The van der Waals surface area contributed by atoms with Gasteiger partial charge in [0.1, 0.15) is 0 Å². The molecule has 108 valence electrons. The summed E-state index contributed by atoms with van der Waals surface area (Å²) in [5.41, 5.74) is 0. The molecule has 2 atom stereocenters. The Morgan fingerprint density at radius 1 is 1.47 bits per heavy atom. The van der Waals surface area contributed by atoms with E-state index in [0.717, 1.165) is 12.5 Å². The zero-order valence-electron chi connectivity index (χ0n) is 12.0. The van der Waals surface area contributed by atoms with E-state index in [2.05, 4.69) is 29.2 Å². The molecule has 1 aliphatic heterocycles. The number of hydrogen-bond acceptors (Lipinski definition) is 4. The lowest BCUT2D eigenvalue weighted by Crippen LogP contribution is -2.35. The molecule has 1 aliphatic rings. The molecule has 1 fully saturated rings. The second-order valence-electron chi connectivity index (χ2n) is 5.78. The molecule has 0 radical (unpaired) electrons. The van der Waals surface area contributed by atoms with Crippen LogP contribution in [-0.4, -0.2) is 58.1 Å². The van der Waals surface area contributed by atoms with Crippen LogP contribution in [0.25, 0.3) is 0 Å². The minimum absolute atomic E-state index is 0.373. The van der Waals surface area contributed by atoms with Crippen molar-refractivity contribution in [2.24, 2.45) is 5.92 Å². The topological polar surface area (TPSA) is 53.3 Å². The summed E-state index contributed by atoms with van der Waals surface area (Å²) >= 11 is 0. The first kappa shape index (κ1) is 14.5. The first-order chi connectivity index (χ1) is 9.15. The molecule has 1 aromatic rings. The van der Waals surface area contributed by atoms with Gasteiger partial charge in [-0.3, -0.25) is 4.68 Å². The number of aliphatic hydroxyl groups excluding tert-OH is 1. The largest absolute Gasteiger partial charge is 0.390 e. The van der Waals surface area contributed by atoms with Crippen LogP contribution >= 0.6 is 0 Å². The third-order valence-corrected chi connectivity index (χ3v) is 3.82. The second kappa shape index (κ2) is 7.03. The van der Waals surface area contributed by atoms with Crippen LogP contribution in [0.15, 0.2) is 18.5 Å². The summed E-state index contributed by atoms with van der Waals surface area (Å²) in [6.07, 6.45) is 4.50. The summed E-state index contributed by atoms with van der Waals surface area (Å²) < 4.78 is 1.77. The molecule has 1 saturated heterocycles. The number of aliphatic hydroxyl groups is 1. The molecule has 2 heterocycles. The Bertz CT molecular complexity index is 352. The van der Waals surface area contributed by atoms with Crippen molar-refractivity contribution in [1.82, 2.24) is 20.0 Å². The van der Waals surface area contributed by atoms with Gasteiger partial charge in [-0.15, -0.1) is 0 Å². The van der Waals surface area contributed by atoms with Crippen molar-refractivity contribution in [1.29, 1.82) is 0 Å². The minimum atomic E-state index is -0.373. The summed E-state index contributed by atoms with van der Waals surface area (Å²) in [6.45, 7) is 9.09. The molecule has 0 saturated carbocycles. The molecular formula is C14H26N4O. The predicted molar refractivity (Wildman–Crippen MR) is 75.9 cm³/mol. The summed E-state index contributed by atoms with van der Waals surface area (Å²) in [5.74, 6) is 0.722. The summed E-state index contributed by atoms with van der Waals surface area (Å²) in [7, 11) is 0. The average molecular weight is 266 g/mol. The summed E-state index contributed by atoms with van der Waals surface area (Å²) in [6, 6.07) is 2.52. The van der Waals surface area contributed by atoms with E-state index in [1.165, 1.54) is 19.5 Å². The fourth-order valence-corrected chi connectivity index (χ4v) is 2.64. The van der Waals surface area contributed by atoms with Gasteiger partial charge in [-0.25, -0.2) is 0 Å². The molecule has 0 aromatic carbocycles. The highest BCUT2D eigenvalue weighted by molar-refractivity contribution is 4.80. The van der Waals surface area contributed by atoms with Crippen molar-refractivity contribution in [3.8, 4) is 0 Å². The molecule has 5 heteroatoms. The molecule has 2 rings (SSSR count). The van der Waals surface area contributed by atoms with Gasteiger partial charge < -0.3 is 15.3 Å². The Kier molecular flexibility index (Phi) is 5.36. The SMILES string of the molecule is CC(C)N1CCC(CNCC(O)Cn2cccn2)C1. The first-order valence-corrected chi connectivity index (χ1v) is 7.25. The van der Waals surface area contributed by atoms with E-state index in [0.29, 0.717) is 19.1 Å². The molecule has 2 N–H and O–H groups in total. The minimum Gasteiger partial charge on any atom is -0.390 e. The zero-order chi connectivity index (χ0) is 13.7. The Balaban J connectivity index is 1.59. The highest BCUT2D eigenvalue weighted by atomic mass is 16.3. The van der Waals surface area contributed by atoms with E-state index >= 15 is 0 Å². The van der Waals surface area contributed by atoms with Crippen LogP contribution in [0.2, 0.25) is 0 Å². The second-order valence-corrected chi connectivity index (χ2v) is 5.78. The maximum Gasteiger partial charge on any atom is 0.0860 e. The van der Waals surface area contributed by atoms with Gasteiger partial charge in [0.15, 0.2) is 0 Å². The quantitative estimate of drug-likeness (QED) is 0.757. The molecular weight excluding hydrogens is 240 g/mol. The van der Waals surface area contributed by atoms with E-state index in [1.807, 2.05) is 12.3 Å². The smallest absolute Gasteiger partial charge is 0.0860 e. The van der Waals surface area contributed by atoms with Crippen molar-refractivity contribution in [2.75, 3.05) is 26.2 Å². The Labute approximate surface area is 115 Å². The number of likely N-dealkylation sites (tertiary alicyclic amines) is 1. The number of nitrogens with zero attached hydrogens (tertiary/aromatic N) is 3. The van der Waals surface area contributed by atoms with E-state index < -0.39 is 0 Å². The summed E-state index contributed by atoms with van der Waals surface area (Å²) in [4.78, 5) is 2.52. The highest BCUT2D eigenvalue weighted by Gasteiger charge is 2.23. The van der Waals surface area contributed by atoms with Crippen LogP contribution in [0.1, 0.15) is 20.3 Å².